The Morgan fingerprint density at radius 1 is 0.462 bits per heavy atom. The van der Waals surface area contributed by atoms with Gasteiger partial charge in [-0.05, 0) is 0 Å². The van der Waals surface area contributed by atoms with Gasteiger partial charge in [-0.25, -0.2) is 0 Å². The minimum absolute atomic E-state index is 0. The molecule has 0 aromatic heterocycles. The summed E-state index contributed by atoms with van der Waals surface area (Å²) in [5.74, 6) is 0. The maximum atomic E-state index is 8.52. The van der Waals surface area contributed by atoms with E-state index in [0.29, 0.717) is 0 Å². The predicted octanol–water partition coefficient (Wildman–Crippen LogP) is -27.3. The van der Waals surface area contributed by atoms with Crippen LogP contribution in [0.3, 0.4) is 0 Å². The van der Waals surface area contributed by atoms with Gasteiger partial charge in [-0.3, -0.25) is 0 Å². The fourth-order valence-corrected chi connectivity index (χ4v) is 0. The molecule has 0 aliphatic rings. The number of hydrogen-bond acceptors (Lipinski definition) is 12. The Balaban J connectivity index is -0.00000000245. The molecule has 0 rings (SSSR count). The number of rotatable bonds is 0. The molecule has 7 N–H and O–H groups in total. The quantitative estimate of drug-likeness (QED) is 0.285. The van der Waals surface area contributed by atoms with Gasteiger partial charge < -0.3 is 83.7 Å². The summed E-state index contributed by atoms with van der Waals surface area (Å²) in [7, 11) is -10.9. The van der Waals surface area contributed by atoms with Crippen LogP contribution in [0.4, 0.5) is 0 Å². The maximum Gasteiger partial charge on any atom is 3.00 e. The Labute approximate surface area is 223 Å². The molecule has 0 unspecified atom stereocenters. The third kappa shape index (κ3) is 4690. The zero-order chi connectivity index (χ0) is 10.7. The van der Waals surface area contributed by atoms with Gasteiger partial charge in [0.25, 0.3) is 0 Å². The summed E-state index contributed by atoms with van der Waals surface area (Å²) in [6.45, 7) is 0. The van der Waals surface area contributed by atoms with Crippen molar-refractivity contribution in [1.82, 2.24) is 0 Å². The SMILES string of the molecule is O.O.O=[Si]([O-])[O-].O=[Si]([O-])[O-].O=[Si]([O-])[O-].[Al+3].[Al+3].[Be+2].[Be+2].[F-].[F-].[F-].[Na+].[Na+].[OH-].[OH-].[OH-]. The topological polar surface area (TPSA) is 343 Å². The van der Waals surface area contributed by atoms with Crippen LogP contribution in [0, 0.1) is 0 Å². The molecule has 0 aromatic rings. The molecule has 0 aromatic carbocycles. The molecule has 0 heterocycles. The monoisotopic (exact) mass is 490 g/mol. The van der Waals surface area contributed by atoms with E-state index >= 15 is 0 Å². The standard InChI is InChI=1S/2Al.2Be.3FH.2Na.3O3Si.5H2O/c;;;;;;;;;3*1-4(2)3;;;;;/h;;;;3*1H;;;;;;5*1H2/q2*+3;2*+2;;;;2*+1;3*-2;;;;;/p-6. The van der Waals surface area contributed by atoms with Gasteiger partial charge in [0.2, 0.25) is 0 Å². The molecule has 136 valence electrons. The molecule has 0 aliphatic carbocycles. The third-order valence-electron chi connectivity index (χ3n) is 0. The second-order valence-corrected chi connectivity index (χ2v) is 2.25. The summed E-state index contributed by atoms with van der Waals surface area (Å²) >= 11 is 0. The van der Waals surface area contributed by atoms with E-state index in [4.69, 9.17) is 42.2 Å². The van der Waals surface area contributed by atoms with E-state index < -0.39 is 27.5 Å². The van der Waals surface area contributed by atoms with E-state index in [1.165, 1.54) is 0 Å². The molecule has 0 atom stereocenters. The third-order valence-corrected chi connectivity index (χ3v) is 0. The molecular weight excluding hydrogens is 483 g/mol. The molecule has 0 saturated carbocycles. The molecule has 0 aliphatic heterocycles. The number of halogens is 3. The van der Waals surface area contributed by atoms with Crippen molar-refractivity contribution in [1.29, 1.82) is 0 Å². The van der Waals surface area contributed by atoms with Crippen molar-refractivity contribution < 1.29 is 143 Å². The van der Waals surface area contributed by atoms with Crippen LogP contribution in [0.2, 0.25) is 0 Å². The molecular formula is H7Al2Be2F3Na2O14Si3. The van der Waals surface area contributed by atoms with Crippen LogP contribution in [0.1, 0.15) is 0 Å². The second kappa shape index (κ2) is 152. The van der Waals surface area contributed by atoms with Crippen molar-refractivity contribution >= 4 is 82.5 Å². The van der Waals surface area contributed by atoms with Crippen LogP contribution in [-0.4, -0.2) is 110 Å². The second-order valence-electron chi connectivity index (χ2n) is 0.750. The van der Waals surface area contributed by atoms with Crippen LogP contribution in [0.15, 0.2) is 0 Å². The molecule has 0 saturated heterocycles. The molecule has 0 amide bonds. The van der Waals surface area contributed by atoms with Crippen molar-refractivity contribution in [2.45, 2.75) is 0 Å². The average Bonchev–Trinajstić information content (AvgIpc) is 1.54. The van der Waals surface area contributed by atoms with Crippen molar-refractivity contribution in [2.75, 3.05) is 0 Å². The summed E-state index contributed by atoms with van der Waals surface area (Å²) in [6.07, 6.45) is 0. The van der Waals surface area contributed by atoms with E-state index in [1.54, 1.807) is 0 Å². The van der Waals surface area contributed by atoms with Crippen molar-refractivity contribution in [3.63, 3.8) is 0 Å². The van der Waals surface area contributed by atoms with Gasteiger partial charge in [-0.2, -0.15) is 0 Å². The Kier molecular flexibility index (Phi) is 1000. The summed E-state index contributed by atoms with van der Waals surface area (Å²) in [6, 6.07) is 0. The van der Waals surface area contributed by atoms with Crippen LogP contribution >= 0.6 is 0 Å². The minimum atomic E-state index is -3.63. The van der Waals surface area contributed by atoms with Gasteiger partial charge in [0.15, 0.2) is 0 Å². The number of hydrogen-bond donors (Lipinski definition) is 0. The molecule has 26 heteroatoms. The zero-order valence-electron chi connectivity index (χ0n) is 13.2. The minimum Gasteiger partial charge on any atom is -1.00 e. The van der Waals surface area contributed by atoms with Gasteiger partial charge >= 0.3 is 114 Å². The Morgan fingerprint density at radius 3 is 0.462 bits per heavy atom. The van der Waals surface area contributed by atoms with Gasteiger partial charge in [-0.1, -0.05) is 0 Å². The van der Waals surface area contributed by atoms with E-state index in [0.717, 1.165) is 0 Å². The van der Waals surface area contributed by atoms with Gasteiger partial charge in [0.05, 0.1) is 0 Å². The predicted molar refractivity (Wildman–Crippen MR) is 55.4 cm³/mol. The van der Waals surface area contributed by atoms with Gasteiger partial charge in [0, 0.05) is 27.5 Å². The summed E-state index contributed by atoms with van der Waals surface area (Å²) in [5.41, 5.74) is 0. The fourth-order valence-electron chi connectivity index (χ4n) is 0. The van der Waals surface area contributed by atoms with Crippen LogP contribution < -0.4 is 102 Å². The molecule has 26 heavy (non-hydrogen) atoms. The van der Waals surface area contributed by atoms with Crippen molar-refractivity contribution in [2.24, 2.45) is 0 Å². The Bertz CT molecular complexity index is 151. The first kappa shape index (κ1) is 171. The van der Waals surface area contributed by atoms with Crippen molar-refractivity contribution in [3.05, 3.63) is 0 Å². The molecule has 14 nitrogen and oxygen atoms in total. The van der Waals surface area contributed by atoms with E-state index in [2.05, 4.69) is 0 Å². The average molecular weight is 490 g/mol. The van der Waals surface area contributed by atoms with Crippen LogP contribution in [-0.2, 0) is 13.4 Å². The summed E-state index contributed by atoms with van der Waals surface area (Å²) in [5, 5.41) is 0. The normalized spacial score (nSPS) is 2.77. The fraction of sp³-hybridized carbons (Fsp3) is 0. The molecule has 0 spiro atoms. The zero-order valence-corrected chi connectivity index (χ0v) is 22.5. The van der Waals surface area contributed by atoms with Crippen molar-refractivity contribution in [3.8, 4) is 0 Å². The van der Waals surface area contributed by atoms with Gasteiger partial charge in [-0.15, -0.1) is 0 Å². The molecule has 0 fully saturated rings. The molecule has 0 bridgehead atoms. The van der Waals surface area contributed by atoms with Crippen LogP contribution in [0.5, 0.6) is 0 Å². The van der Waals surface area contributed by atoms with Gasteiger partial charge in [0.1, 0.15) is 0 Å². The first-order chi connectivity index (χ1) is 5.20. The summed E-state index contributed by atoms with van der Waals surface area (Å²) in [4.78, 5) is 51.1. The maximum absolute atomic E-state index is 8.52. The Hall–Kier alpha value is 1.84. The van der Waals surface area contributed by atoms with E-state index in [1.807, 2.05) is 0 Å². The first-order valence-electron chi connectivity index (χ1n) is 1.84. The first-order valence-corrected chi connectivity index (χ1v) is 5.51. The molecule has 0 radical (unpaired) electrons. The van der Waals surface area contributed by atoms with Crippen LogP contribution in [0.25, 0.3) is 0 Å². The van der Waals surface area contributed by atoms with E-state index in [-0.39, 0.29) is 156 Å². The van der Waals surface area contributed by atoms with E-state index in [9.17, 15) is 0 Å². The summed E-state index contributed by atoms with van der Waals surface area (Å²) < 4.78 is 25.6. The largest absolute Gasteiger partial charge is 3.00 e. The Morgan fingerprint density at radius 2 is 0.462 bits per heavy atom. The smallest absolute Gasteiger partial charge is 1.00 e.